The first-order valence-electron chi connectivity index (χ1n) is 11.3. The number of piperazine rings is 1. The number of rotatable bonds is 4. The summed E-state index contributed by atoms with van der Waals surface area (Å²) in [7, 11) is -4.18. The fourth-order valence-electron chi connectivity index (χ4n) is 3.68. The average Bonchev–Trinajstić information content (AvgIpc) is 2.72. The minimum atomic E-state index is -4.18. The lowest BCUT2D eigenvalue weighted by Gasteiger charge is -2.38. The SMILES string of the molecule is CC(C)(C)OC(=O)N(c1cccc(C(C)(C)C)c1)S(=O)(=O)N1CCN(c2ccc(Cl)cc2)CC1. The quantitative estimate of drug-likeness (QED) is 0.550. The van der Waals surface area contributed by atoms with Gasteiger partial charge >= 0.3 is 16.3 Å². The van der Waals surface area contributed by atoms with Gasteiger partial charge in [0.15, 0.2) is 0 Å². The van der Waals surface area contributed by atoms with Gasteiger partial charge in [-0.2, -0.15) is 17.0 Å². The predicted octanol–water partition coefficient (Wildman–Crippen LogP) is 5.45. The Morgan fingerprint density at radius 2 is 1.53 bits per heavy atom. The minimum Gasteiger partial charge on any atom is -0.443 e. The minimum absolute atomic E-state index is 0.219. The molecular weight excluding hydrogens is 474 g/mol. The van der Waals surface area contributed by atoms with Gasteiger partial charge in [0.05, 0.1) is 5.69 Å². The van der Waals surface area contributed by atoms with Crippen molar-refractivity contribution in [2.45, 2.75) is 52.6 Å². The molecule has 2 aromatic rings. The Kier molecular flexibility index (Phi) is 7.55. The Balaban J connectivity index is 1.91. The average molecular weight is 508 g/mol. The predicted molar refractivity (Wildman–Crippen MR) is 138 cm³/mol. The van der Waals surface area contributed by atoms with Gasteiger partial charge in [-0.15, -0.1) is 0 Å². The summed E-state index contributed by atoms with van der Waals surface area (Å²) in [5.41, 5.74) is 1.09. The van der Waals surface area contributed by atoms with E-state index < -0.39 is 21.9 Å². The van der Waals surface area contributed by atoms with Crippen molar-refractivity contribution in [3.63, 3.8) is 0 Å². The van der Waals surface area contributed by atoms with E-state index in [9.17, 15) is 13.2 Å². The molecule has 1 heterocycles. The maximum atomic E-state index is 13.8. The van der Waals surface area contributed by atoms with Crippen LogP contribution in [0.5, 0.6) is 0 Å². The number of carbonyl (C=O) groups is 1. The molecule has 2 aromatic carbocycles. The maximum absolute atomic E-state index is 13.8. The van der Waals surface area contributed by atoms with E-state index in [2.05, 4.69) is 4.90 Å². The second-order valence-electron chi connectivity index (χ2n) is 10.4. The number of amides is 1. The molecule has 0 aliphatic carbocycles. The van der Waals surface area contributed by atoms with Gasteiger partial charge in [0, 0.05) is 36.9 Å². The fourth-order valence-corrected chi connectivity index (χ4v) is 5.27. The van der Waals surface area contributed by atoms with Crippen molar-refractivity contribution in [3.05, 3.63) is 59.1 Å². The Morgan fingerprint density at radius 1 is 0.941 bits per heavy atom. The monoisotopic (exact) mass is 507 g/mol. The second-order valence-corrected chi connectivity index (χ2v) is 12.6. The molecule has 0 bridgehead atoms. The molecule has 7 nitrogen and oxygen atoms in total. The van der Waals surface area contributed by atoms with Crippen molar-refractivity contribution in [1.29, 1.82) is 0 Å². The molecule has 186 valence electrons. The molecule has 0 unspecified atom stereocenters. The zero-order valence-corrected chi connectivity index (χ0v) is 22.3. The number of anilines is 2. The summed E-state index contributed by atoms with van der Waals surface area (Å²) >= 11 is 5.99. The first-order chi connectivity index (χ1) is 15.7. The summed E-state index contributed by atoms with van der Waals surface area (Å²) in [5.74, 6) is 0. The number of carbonyl (C=O) groups excluding carboxylic acids is 1. The fraction of sp³-hybridized carbons (Fsp3) is 0.480. The van der Waals surface area contributed by atoms with Crippen molar-refractivity contribution in [1.82, 2.24) is 4.31 Å². The maximum Gasteiger partial charge on any atom is 0.429 e. The van der Waals surface area contributed by atoms with Crippen LogP contribution in [0.4, 0.5) is 16.2 Å². The number of hydrogen-bond donors (Lipinski definition) is 0. The molecule has 1 amide bonds. The van der Waals surface area contributed by atoms with Crippen molar-refractivity contribution >= 4 is 39.3 Å². The molecule has 0 N–H and O–H groups in total. The second kappa shape index (κ2) is 9.76. The van der Waals surface area contributed by atoms with Crippen LogP contribution >= 0.6 is 11.6 Å². The van der Waals surface area contributed by atoms with Gasteiger partial charge in [-0.05, 0) is 68.1 Å². The largest absolute Gasteiger partial charge is 0.443 e. The number of nitrogens with zero attached hydrogens (tertiary/aromatic N) is 3. The first-order valence-corrected chi connectivity index (χ1v) is 13.1. The Bertz CT molecular complexity index is 1110. The first kappa shape index (κ1) is 26.3. The summed E-state index contributed by atoms with van der Waals surface area (Å²) in [6.07, 6.45) is -0.918. The lowest BCUT2D eigenvalue weighted by Crippen LogP contribution is -2.55. The van der Waals surface area contributed by atoms with E-state index in [1.807, 2.05) is 51.1 Å². The van der Waals surface area contributed by atoms with Crippen LogP contribution in [0.1, 0.15) is 47.1 Å². The smallest absolute Gasteiger partial charge is 0.429 e. The third-order valence-corrected chi connectivity index (χ3v) is 7.58. The molecule has 0 saturated carbocycles. The van der Waals surface area contributed by atoms with E-state index in [0.29, 0.717) is 18.1 Å². The number of benzene rings is 2. The van der Waals surface area contributed by atoms with Crippen LogP contribution in [-0.4, -0.2) is 50.6 Å². The van der Waals surface area contributed by atoms with E-state index in [0.717, 1.165) is 15.6 Å². The summed E-state index contributed by atoms with van der Waals surface area (Å²) in [6.45, 7) is 12.7. The molecule has 34 heavy (non-hydrogen) atoms. The highest BCUT2D eigenvalue weighted by molar-refractivity contribution is 7.91. The van der Waals surface area contributed by atoms with E-state index >= 15 is 0 Å². The van der Waals surface area contributed by atoms with Crippen molar-refractivity contribution in [3.8, 4) is 0 Å². The third-order valence-electron chi connectivity index (χ3n) is 5.49. The Morgan fingerprint density at radius 3 is 2.06 bits per heavy atom. The molecule has 1 aliphatic rings. The van der Waals surface area contributed by atoms with Crippen LogP contribution in [0.2, 0.25) is 5.02 Å². The molecular formula is C25H34ClN3O4S. The zero-order valence-electron chi connectivity index (χ0n) is 20.7. The van der Waals surface area contributed by atoms with E-state index in [-0.39, 0.29) is 24.2 Å². The van der Waals surface area contributed by atoms with E-state index in [1.54, 1.807) is 39.0 Å². The molecule has 3 rings (SSSR count). The van der Waals surface area contributed by atoms with Crippen molar-refractivity contribution in [2.24, 2.45) is 0 Å². The summed E-state index contributed by atoms with van der Waals surface area (Å²) in [5, 5.41) is 0.649. The highest BCUT2D eigenvalue weighted by Crippen LogP contribution is 2.30. The Labute approximate surface area is 208 Å². The van der Waals surface area contributed by atoms with Gasteiger partial charge < -0.3 is 9.64 Å². The normalized spacial score (nSPS) is 15.8. The van der Waals surface area contributed by atoms with Gasteiger partial charge in [-0.1, -0.05) is 44.5 Å². The third kappa shape index (κ3) is 6.23. The molecule has 0 aromatic heterocycles. The van der Waals surface area contributed by atoms with Crippen LogP contribution in [0.25, 0.3) is 0 Å². The van der Waals surface area contributed by atoms with Gasteiger partial charge in [0.2, 0.25) is 0 Å². The van der Waals surface area contributed by atoms with Crippen molar-refractivity contribution in [2.75, 3.05) is 35.4 Å². The number of halogens is 1. The number of ether oxygens (including phenoxy) is 1. The lowest BCUT2D eigenvalue weighted by atomic mass is 9.87. The van der Waals surface area contributed by atoms with Gasteiger partial charge in [0.25, 0.3) is 0 Å². The van der Waals surface area contributed by atoms with E-state index in [1.165, 1.54) is 4.31 Å². The van der Waals surface area contributed by atoms with Gasteiger partial charge in [-0.25, -0.2) is 4.79 Å². The Hall–Kier alpha value is -2.29. The zero-order chi connectivity index (χ0) is 25.3. The van der Waals surface area contributed by atoms with Gasteiger partial charge in [-0.3, -0.25) is 0 Å². The lowest BCUT2D eigenvalue weighted by molar-refractivity contribution is 0.0606. The topological polar surface area (TPSA) is 70.2 Å². The molecule has 0 atom stereocenters. The van der Waals surface area contributed by atoms with Crippen LogP contribution in [-0.2, 0) is 20.4 Å². The molecule has 1 saturated heterocycles. The van der Waals surface area contributed by atoms with Crippen LogP contribution in [0.15, 0.2) is 48.5 Å². The van der Waals surface area contributed by atoms with Crippen LogP contribution in [0, 0.1) is 0 Å². The van der Waals surface area contributed by atoms with Crippen LogP contribution < -0.4 is 9.21 Å². The van der Waals surface area contributed by atoms with E-state index in [4.69, 9.17) is 16.3 Å². The van der Waals surface area contributed by atoms with Crippen molar-refractivity contribution < 1.29 is 17.9 Å². The highest BCUT2D eigenvalue weighted by atomic mass is 35.5. The summed E-state index contributed by atoms with van der Waals surface area (Å²) < 4.78 is 35.2. The van der Waals surface area contributed by atoms with Crippen LogP contribution in [0.3, 0.4) is 0 Å². The molecule has 1 aliphatic heterocycles. The highest BCUT2D eigenvalue weighted by Gasteiger charge is 2.39. The summed E-state index contributed by atoms with van der Waals surface area (Å²) in [4.78, 5) is 15.3. The molecule has 9 heteroatoms. The molecule has 0 radical (unpaired) electrons. The number of hydrogen-bond acceptors (Lipinski definition) is 5. The van der Waals surface area contributed by atoms with Gasteiger partial charge in [0.1, 0.15) is 5.60 Å². The molecule has 1 fully saturated rings. The standard InChI is InChI=1S/C25H34ClN3O4S/c1-24(2,3)19-8-7-9-22(18-19)29(23(30)33-25(4,5)6)34(31,32)28-16-14-27(15-17-28)21-12-10-20(26)11-13-21/h7-13,18H,14-17H2,1-6H3. The molecule has 0 spiro atoms. The summed E-state index contributed by atoms with van der Waals surface area (Å²) in [6, 6.07) is 14.5.